The van der Waals surface area contributed by atoms with Crippen LogP contribution >= 0.6 is 11.5 Å². The van der Waals surface area contributed by atoms with E-state index in [0.717, 1.165) is 23.4 Å². The minimum Gasteiger partial charge on any atom is -0.391 e. The van der Waals surface area contributed by atoms with E-state index in [-0.39, 0.29) is 18.2 Å². The van der Waals surface area contributed by atoms with Gasteiger partial charge in [-0.15, -0.1) is 0 Å². The lowest BCUT2D eigenvalue weighted by atomic mass is 9.88. The maximum atomic E-state index is 10.4. The summed E-state index contributed by atoms with van der Waals surface area (Å²) in [6.07, 6.45) is 2.16. The monoisotopic (exact) mass is 281 g/mol. The van der Waals surface area contributed by atoms with Gasteiger partial charge in [0.15, 0.2) is 5.82 Å². The third-order valence-corrected chi connectivity index (χ3v) is 6.01. The molecule has 19 heavy (non-hydrogen) atoms. The van der Waals surface area contributed by atoms with Gasteiger partial charge >= 0.3 is 0 Å². The van der Waals surface area contributed by atoms with Gasteiger partial charge in [-0.1, -0.05) is 0 Å². The van der Waals surface area contributed by atoms with E-state index in [4.69, 9.17) is 4.74 Å². The molecule has 4 rings (SSSR count). The van der Waals surface area contributed by atoms with Crippen LogP contribution in [0.1, 0.15) is 31.7 Å². The standard InChI is InChI=1S/C13H19N3O2S/c1-6(18-2)12-14-13(19-15-12)16-5-8-3-7-4-9(8)10(16)11(7)17/h6-11,17H,3-5H2,1-2H3. The van der Waals surface area contributed by atoms with Crippen LogP contribution < -0.4 is 4.90 Å². The van der Waals surface area contributed by atoms with Crippen LogP contribution in [0.2, 0.25) is 0 Å². The SMILES string of the molecule is COC(C)c1nsc(N2CC3CC4CC3C2C4O)n1. The van der Waals surface area contributed by atoms with Gasteiger partial charge in [-0.3, -0.25) is 0 Å². The number of aromatic nitrogens is 2. The number of rotatable bonds is 3. The first kappa shape index (κ1) is 12.1. The molecule has 2 saturated carbocycles. The van der Waals surface area contributed by atoms with Crippen molar-refractivity contribution in [3.05, 3.63) is 5.82 Å². The number of hydrogen-bond acceptors (Lipinski definition) is 6. The van der Waals surface area contributed by atoms with E-state index in [9.17, 15) is 5.11 Å². The molecule has 0 spiro atoms. The van der Waals surface area contributed by atoms with Crippen molar-refractivity contribution in [1.82, 2.24) is 9.36 Å². The third kappa shape index (κ3) is 1.60. The Balaban J connectivity index is 1.62. The number of methoxy groups -OCH3 is 1. The smallest absolute Gasteiger partial charge is 0.205 e. The number of nitrogens with zero attached hydrogens (tertiary/aromatic N) is 3. The molecular weight excluding hydrogens is 262 g/mol. The Morgan fingerprint density at radius 1 is 1.42 bits per heavy atom. The molecule has 3 aliphatic rings. The van der Waals surface area contributed by atoms with Gasteiger partial charge in [-0.25, -0.2) is 4.98 Å². The summed E-state index contributed by atoms with van der Waals surface area (Å²) in [7, 11) is 1.67. The van der Waals surface area contributed by atoms with Crippen LogP contribution in [0.3, 0.4) is 0 Å². The summed E-state index contributed by atoms with van der Waals surface area (Å²) in [5, 5.41) is 11.3. The quantitative estimate of drug-likeness (QED) is 0.909. The van der Waals surface area contributed by atoms with Crippen LogP contribution in [0.15, 0.2) is 0 Å². The molecule has 6 unspecified atom stereocenters. The lowest BCUT2D eigenvalue weighted by Crippen LogP contribution is -2.40. The number of fused-ring (bicyclic) bond motifs is 1. The van der Waals surface area contributed by atoms with Gasteiger partial charge in [-0.05, 0) is 37.5 Å². The van der Waals surface area contributed by atoms with Gasteiger partial charge in [0, 0.05) is 25.2 Å². The molecule has 1 aromatic heterocycles. The molecule has 5 nitrogen and oxygen atoms in total. The summed E-state index contributed by atoms with van der Waals surface area (Å²) in [5.74, 6) is 2.71. The van der Waals surface area contributed by atoms with Gasteiger partial charge in [0.05, 0.1) is 12.1 Å². The van der Waals surface area contributed by atoms with E-state index in [1.807, 2.05) is 6.92 Å². The second-order valence-corrected chi connectivity index (χ2v) is 6.83. The molecular formula is C13H19N3O2S. The largest absolute Gasteiger partial charge is 0.391 e. The first-order chi connectivity index (χ1) is 9.19. The highest BCUT2D eigenvalue weighted by Crippen LogP contribution is 2.55. The number of hydrogen-bond donors (Lipinski definition) is 1. The Kier molecular flexibility index (Phi) is 2.62. The van der Waals surface area contributed by atoms with Gasteiger partial charge in [0.2, 0.25) is 5.13 Å². The first-order valence-corrected chi connectivity index (χ1v) is 7.77. The molecule has 2 bridgehead atoms. The summed E-state index contributed by atoms with van der Waals surface area (Å²) in [4.78, 5) is 6.91. The predicted molar refractivity (Wildman–Crippen MR) is 72.2 cm³/mol. The van der Waals surface area contributed by atoms with Crippen LogP contribution in [0, 0.1) is 17.8 Å². The van der Waals surface area contributed by atoms with Gasteiger partial charge in [0.25, 0.3) is 0 Å². The molecule has 1 aliphatic heterocycles. The molecule has 6 heteroatoms. The zero-order valence-electron chi connectivity index (χ0n) is 11.2. The van der Waals surface area contributed by atoms with Crippen molar-refractivity contribution in [2.24, 2.45) is 17.8 Å². The predicted octanol–water partition coefficient (Wildman–Crippen LogP) is 1.45. The Bertz CT molecular complexity index is 492. The van der Waals surface area contributed by atoms with Crippen LogP contribution in [-0.2, 0) is 4.74 Å². The minimum atomic E-state index is -0.170. The van der Waals surface area contributed by atoms with Crippen LogP contribution in [-0.4, -0.2) is 40.3 Å². The maximum Gasteiger partial charge on any atom is 0.205 e. The Labute approximate surface area is 116 Å². The van der Waals surface area contributed by atoms with E-state index < -0.39 is 0 Å². The Morgan fingerprint density at radius 3 is 3.00 bits per heavy atom. The van der Waals surface area contributed by atoms with Crippen molar-refractivity contribution >= 4 is 16.7 Å². The molecule has 1 saturated heterocycles. The summed E-state index contributed by atoms with van der Waals surface area (Å²) in [5.41, 5.74) is 0. The number of aliphatic hydroxyl groups is 1. The van der Waals surface area contributed by atoms with E-state index in [1.165, 1.54) is 24.4 Å². The highest BCUT2D eigenvalue weighted by atomic mass is 32.1. The fourth-order valence-corrected chi connectivity index (χ4v) is 5.05. The maximum absolute atomic E-state index is 10.4. The van der Waals surface area contributed by atoms with Gasteiger partial charge < -0.3 is 14.7 Å². The molecule has 1 aromatic rings. The molecule has 104 valence electrons. The highest BCUT2D eigenvalue weighted by Gasteiger charge is 2.59. The molecule has 3 fully saturated rings. The molecule has 0 radical (unpaired) electrons. The van der Waals surface area contributed by atoms with Crippen molar-refractivity contribution in [3.63, 3.8) is 0 Å². The summed E-state index contributed by atoms with van der Waals surface area (Å²) in [6.45, 7) is 3.00. The Hall–Kier alpha value is -0.720. The summed E-state index contributed by atoms with van der Waals surface area (Å²) in [6, 6.07) is 0.280. The van der Waals surface area contributed by atoms with Crippen molar-refractivity contribution in [1.29, 1.82) is 0 Å². The zero-order valence-corrected chi connectivity index (χ0v) is 12.0. The van der Waals surface area contributed by atoms with Crippen molar-refractivity contribution < 1.29 is 9.84 Å². The molecule has 1 N–H and O–H groups in total. The van der Waals surface area contributed by atoms with Crippen LogP contribution in [0.4, 0.5) is 5.13 Å². The second kappa shape index (κ2) is 4.14. The highest BCUT2D eigenvalue weighted by molar-refractivity contribution is 7.09. The van der Waals surface area contributed by atoms with Gasteiger partial charge in [0.1, 0.15) is 6.10 Å². The zero-order chi connectivity index (χ0) is 13.1. The summed E-state index contributed by atoms with van der Waals surface area (Å²) >= 11 is 1.44. The van der Waals surface area contributed by atoms with E-state index in [1.54, 1.807) is 7.11 Å². The molecule has 0 amide bonds. The van der Waals surface area contributed by atoms with E-state index >= 15 is 0 Å². The van der Waals surface area contributed by atoms with E-state index in [0.29, 0.717) is 11.8 Å². The van der Waals surface area contributed by atoms with Gasteiger partial charge in [-0.2, -0.15) is 4.37 Å². The van der Waals surface area contributed by atoms with Crippen molar-refractivity contribution in [3.8, 4) is 0 Å². The number of aliphatic hydroxyl groups excluding tert-OH is 1. The molecule has 2 heterocycles. The van der Waals surface area contributed by atoms with Crippen molar-refractivity contribution in [2.45, 2.75) is 38.0 Å². The molecule has 0 aromatic carbocycles. The fourth-order valence-electron chi connectivity index (χ4n) is 4.25. The van der Waals surface area contributed by atoms with E-state index in [2.05, 4.69) is 14.3 Å². The number of anilines is 1. The average Bonchev–Trinajstić information content (AvgIpc) is 3.11. The fraction of sp³-hybridized carbons (Fsp3) is 0.846. The van der Waals surface area contributed by atoms with Crippen molar-refractivity contribution in [2.75, 3.05) is 18.6 Å². The normalized spacial score (nSPS) is 41.2. The lowest BCUT2D eigenvalue weighted by molar-refractivity contribution is 0.0965. The van der Waals surface area contributed by atoms with Crippen LogP contribution in [0.5, 0.6) is 0 Å². The Morgan fingerprint density at radius 2 is 2.26 bits per heavy atom. The first-order valence-electron chi connectivity index (χ1n) is 7.00. The van der Waals surface area contributed by atoms with Crippen LogP contribution in [0.25, 0.3) is 0 Å². The molecule has 6 atom stereocenters. The molecule has 2 aliphatic carbocycles. The summed E-state index contributed by atoms with van der Waals surface area (Å²) < 4.78 is 9.65. The minimum absolute atomic E-state index is 0.0643. The third-order valence-electron chi connectivity index (χ3n) is 5.24. The number of ether oxygens (including phenoxy) is 1. The average molecular weight is 281 g/mol. The second-order valence-electron chi connectivity index (χ2n) is 6.10. The topological polar surface area (TPSA) is 58.5 Å². The lowest BCUT2D eigenvalue weighted by Gasteiger charge is -2.28.